The maximum Gasteiger partial charge on any atom is 0.139 e. The third-order valence-electron chi connectivity index (χ3n) is 4.75. The highest BCUT2D eigenvalue weighted by Crippen LogP contribution is 2.22. The van der Waals surface area contributed by atoms with Gasteiger partial charge in [-0.25, -0.2) is 4.98 Å². The van der Waals surface area contributed by atoms with E-state index in [1.165, 1.54) is 0 Å². The summed E-state index contributed by atoms with van der Waals surface area (Å²) in [6.45, 7) is 11.7. The molecule has 2 rings (SSSR count). The SMILES string of the molecule is CCCN(CC(O)c1cnc(-n2c(C)ccc2C)c(C)c1)[C@@H](C)CO. The number of hydrogen-bond acceptors (Lipinski definition) is 4. The lowest BCUT2D eigenvalue weighted by atomic mass is 10.1. The van der Waals surface area contributed by atoms with Crippen LogP contribution in [0, 0.1) is 20.8 Å². The van der Waals surface area contributed by atoms with Gasteiger partial charge in [-0.1, -0.05) is 6.92 Å². The van der Waals surface area contributed by atoms with Crippen LogP contribution in [0.25, 0.3) is 5.82 Å². The molecule has 0 bridgehead atoms. The molecule has 0 spiro atoms. The van der Waals surface area contributed by atoms with Crippen LogP contribution in [0.5, 0.6) is 0 Å². The Kier molecular flexibility index (Phi) is 6.76. The molecule has 0 aromatic carbocycles. The molecule has 2 aromatic heterocycles. The Morgan fingerprint density at radius 3 is 2.36 bits per heavy atom. The predicted molar refractivity (Wildman–Crippen MR) is 101 cm³/mol. The first-order valence-corrected chi connectivity index (χ1v) is 9.03. The summed E-state index contributed by atoms with van der Waals surface area (Å²) in [6.07, 6.45) is 2.13. The molecule has 0 aliphatic rings. The Hall–Kier alpha value is -1.69. The molecule has 2 aromatic rings. The van der Waals surface area contributed by atoms with Crippen LogP contribution < -0.4 is 0 Å². The van der Waals surface area contributed by atoms with Gasteiger partial charge in [0.25, 0.3) is 0 Å². The zero-order chi connectivity index (χ0) is 18.6. The topological polar surface area (TPSA) is 61.5 Å². The molecule has 0 saturated carbocycles. The van der Waals surface area contributed by atoms with Crippen molar-refractivity contribution >= 4 is 0 Å². The second-order valence-corrected chi connectivity index (χ2v) is 6.90. The zero-order valence-electron chi connectivity index (χ0n) is 16.0. The molecule has 0 radical (unpaired) electrons. The molecule has 0 saturated heterocycles. The minimum Gasteiger partial charge on any atom is -0.395 e. The van der Waals surface area contributed by atoms with Crippen LogP contribution in [0.15, 0.2) is 24.4 Å². The van der Waals surface area contributed by atoms with E-state index in [0.717, 1.165) is 41.3 Å². The highest BCUT2D eigenvalue weighted by molar-refractivity contribution is 5.40. The van der Waals surface area contributed by atoms with E-state index in [-0.39, 0.29) is 12.6 Å². The summed E-state index contributed by atoms with van der Waals surface area (Å²) in [5, 5.41) is 20.1. The number of nitrogens with zero attached hydrogens (tertiary/aromatic N) is 3. The van der Waals surface area contributed by atoms with Crippen molar-refractivity contribution in [3.63, 3.8) is 0 Å². The second kappa shape index (κ2) is 8.61. The van der Waals surface area contributed by atoms with Crippen LogP contribution in [0.2, 0.25) is 0 Å². The monoisotopic (exact) mass is 345 g/mol. The molecule has 0 fully saturated rings. The number of aromatic nitrogens is 2. The average molecular weight is 345 g/mol. The average Bonchev–Trinajstić information content (AvgIpc) is 2.92. The van der Waals surface area contributed by atoms with E-state index in [2.05, 4.69) is 47.4 Å². The van der Waals surface area contributed by atoms with Crippen LogP contribution in [0.4, 0.5) is 0 Å². The largest absolute Gasteiger partial charge is 0.395 e. The van der Waals surface area contributed by atoms with Crippen molar-refractivity contribution in [2.24, 2.45) is 0 Å². The lowest BCUT2D eigenvalue weighted by Gasteiger charge is -2.29. The molecule has 0 amide bonds. The minimum atomic E-state index is -0.618. The van der Waals surface area contributed by atoms with Crippen molar-refractivity contribution in [1.82, 2.24) is 14.5 Å². The molecule has 5 heteroatoms. The summed E-state index contributed by atoms with van der Waals surface area (Å²) >= 11 is 0. The molecule has 0 aliphatic carbocycles. The van der Waals surface area contributed by atoms with Gasteiger partial charge in [0.05, 0.1) is 12.7 Å². The van der Waals surface area contributed by atoms with E-state index in [4.69, 9.17) is 0 Å². The summed E-state index contributed by atoms with van der Waals surface area (Å²) in [5.41, 5.74) is 4.14. The molecule has 25 heavy (non-hydrogen) atoms. The van der Waals surface area contributed by atoms with Crippen molar-refractivity contribution in [2.75, 3.05) is 19.7 Å². The van der Waals surface area contributed by atoms with E-state index >= 15 is 0 Å². The molecule has 5 nitrogen and oxygen atoms in total. The van der Waals surface area contributed by atoms with Crippen molar-refractivity contribution in [3.05, 3.63) is 46.9 Å². The van der Waals surface area contributed by atoms with Gasteiger partial charge in [-0.2, -0.15) is 0 Å². The van der Waals surface area contributed by atoms with Gasteiger partial charge < -0.3 is 14.8 Å². The fourth-order valence-corrected chi connectivity index (χ4v) is 3.23. The van der Waals surface area contributed by atoms with Gasteiger partial charge in [0.2, 0.25) is 0 Å². The van der Waals surface area contributed by atoms with Crippen LogP contribution in [0.3, 0.4) is 0 Å². The minimum absolute atomic E-state index is 0.0353. The lowest BCUT2D eigenvalue weighted by molar-refractivity contribution is 0.0684. The zero-order valence-corrected chi connectivity index (χ0v) is 16.0. The van der Waals surface area contributed by atoms with Gasteiger partial charge in [0.15, 0.2) is 0 Å². The fraction of sp³-hybridized carbons (Fsp3) is 0.550. The standard InChI is InChI=1S/C20H31N3O2/c1-6-9-22(17(5)13-24)12-19(25)18-10-14(2)20(21-11-18)23-15(3)7-8-16(23)4/h7-8,10-11,17,19,24-25H,6,9,12-13H2,1-5H3/t17-,19?/m0/s1. The number of pyridine rings is 1. The number of rotatable bonds is 8. The Morgan fingerprint density at radius 1 is 1.20 bits per heavy atom. The highest BCUT2D eigenvalue weighted by atomic mass is 16.3. The number of aliphatic hydroxyl groups is 2. The van der Waals surface area contributed by atoms with Gasteiger partial charge in [-0.3, -0.25) is 4.90 Å². The van der Waals surface area contributed by atoms with Gasteiger partial charge >= 0.3 is 0 Å². The molecule has 0 aliphatic heterocycles. The number of hydrogen-bond donors (Lipinski definition) is 2. The second-order valence-electron chi connectivity index (χ2n) is 6.90. The van der Waals surface area contributed by atoms with Gasteiger partial charge in [0, 0.05) is 35.7 Å². The van der Waals surface area contributed by atoms with Crippen molar-refractivity contribution in [1.29, 1.82) is 0 Å². The van der Waals surface area contributed by atoms with Crippen molar-refractivity contribution in [2.45, 2.75) is 53.2 Å². The Morgan fingerprint density at radius 2 is 1.84 bits per heavy atom. The first-order chi connectivity index (χ1) is 11.9. The van der Waals surface area contributed by atoms with Crippen LogP contribution >= 0.6 is 0 Å². The summed E-state index contributed by atoms with van der Waals surface area (Å²) in [6, 6.07) is 6.21. The van der Waals surface area contributed by atoms with E-state index < -0.39 is 6.10 Å². The normalized spacial score (nSPS) is 14.1. The molecule has 2 N–H and O–H groups in total. The smallest absolute Gasteiger partial charge is 0.139 e. The fourth-order valence-electron chi connectivity index (χ4n) is 3.23. The Bertz CT molecular complexity index is 677. The van der Waals surface area contributed by atoms with Gasteiger partial charge in [-0.15, -0.1) is 0 Å². The lowest BCUT2D eigenvalue weighted by Crippen LogP contribution is -2.39. The third-order valence-corrected chi connectivity index (χ3v) is 4.75. The predicted octanol–water partition coefficient (Wildman–Crippen LogP) is 2.92. The molecular weight excluding hydrogens is 314 g/mol. The Labute approximate surface area is 150 Å². The van der Waals surface area contributed by atoms with Crippen LogP contribution in [-0.2, 0) is 0 Å². The highest BCUT2D eigenvalue weighted by Gasteiger charge is 2.19. The third kappa shape index (κ3) is 4.48. The number of aryl methyl sites for hydroxylation is 3. The first-order valence-electron chi connectivity index (χ1n) is 9.03. The molecular formula is C20H31N3O2. The van der Waals surface area contributed by atoms with Crippen molar-refractivity contribution in [3.8, 4) is 5.82 Å². The van der Waals surface area contributed by atoms with E-state index in [9.17, 15) is 10.2 Å². The maximum atomic E-state index is 10.6. The molecule has 2 atom stereocenters. The maximum absolute atomic E-state index is 10.6. The van der Waals surface area contributed by atoms with Crippen LogP contribution in [0.1, 0.15) is 48.9 Å². The van der Waals surface area contributed by atoms with Gasteiger partial charge in [-0.05, 0) is 64.4 Å². The number of aliphatic hydroxyl groups excluding tert-OH is 2. The first kappa shape index (κ1) is 19.6. The summed E-state index contributed by atoms with van der Waals surface area (Å²) in [4.78, 5) is 6.74. The van der Waals surface area contributed by atoms with E-state index in [1.54, 1.807) is 6.20 Å². The molecule has 2 heterocycles. The Balaban J connectivity index is 2.22. The van der Waals surface area contributed by atoms with Crippen LogP contribution in [-0.4, -0.2) is 50.4 Å². The van der Waals surface area contributed by atoms with Crippen molar-refractivity contribution < 1.29 is 10.2 Å². The summed E-state index contributed by atoms with van der Waals surface area (Å²) < 4.78 is 2.13. The molecule has 1 unspecified atom stereocenters. The van der Waals surface area contributed by atoms with E-state index in [1.807, 2.05) is 19.9 Å². The quantitative estimate of drug-likeness (QED) is 0.772. The van der Waals surface area contributed by atoms with Gasteiger partial charge in [0.1, 0.15) is 5.82 Å². The van der Waals surface area contributed by atoms with E-state index in [0.29, 0.717) is 6.54 Å². The summed E-state index contributed by atoms with van der Waals surface area (Å²) in [7, 11) is 0. The molecule has 138 valence electrons. The summed E-state index contributed by atoms with van der Waals surface area (Å²) in [5.74, 6) is 0.907.